The van der Waals surface area contributed by atoms with E-state index in [9.17, 15) is 4.79 Å². The molecule has 1 N–H and O–H groups in total. The Morgan fingerprint density at radius 3 is 2.87 bits per heavy atom. The van der Waals surface area contributed by atoms with Crippen molar-refractivity contribution in [1.29, 1.82) is 0 Å². The minimum atomic E-state index is 0.195. The number of rotatable bonds is 8. The maximum Gasteiger partial charge on any atom is 0.211 e. The van der Waals surface area contributed by atoms with Crippen molar-refractivity contribution in [3.05, 3.63) is 29.8 Å². The third kappa shape index (κ3) is 4.57. The van der Waals surface area contributed by atoms with Crippen molar-refractivity contribution in [3.63, 3.8) is 0 Å². The first-order chi connectivity index (χ1) is 11.1. The summed E-state index contributed by atoms with van der Waals surface area (Å²) in [4.78, 5) is 13.3. The number of hydrogen-bond donors (Lipinski definition) is 1. The van der Waals surface area contributed by atoms with Gasteiger partial charge >= 0.3 is 0 Å². The van der Waals surface area contributed by atoms with Crippen LogP contribution in [-0.2, 0) is 10.2 Å². The molecule has 128 valence electrons. The highest BCUT2D eigenvalue weighted by molar-refractivity contribution is 5.71. The number of unbranched alkanes of at least 4 members (excludes halogenated alkanes) is 3. The van der Waals surface area contributed by atoms with Crippen molar-refractivity contribution in [2.75, 3.05) is 25.0 Å². The van der Waals surface area contributed by atoms with E-state index in [0.29, 0.717) is 5.92 Å². The van der Waals surface area contributed by atoms with Gasteiger partial charge in [-0.15, -0.1) is 0 Å². The predicted molar refractivity (Wildman–Crippen MR) is 97.8 cm³/mol. The lowest BCUT2D eigenvalue weighted by Gasteiger charge is -2.45. The summed E-state index contributed by atoms with van der Waals surface area (Å²) in [5.74, 6) is 0.619. The second-order valence-corrected chi connectivity index (χ2v) is 7.27. The van der Waals surface area contributed by atoms with E-state index in [2.05, 4.69) is 49.2 Å². The highest BCUT2D eigenvalue weighted by atomic mass is 16.1. The number of amides is 1. The van der Waals surface area contributed by atoms with Crippen LogP contribution in [0.25, 0.3) is 0 Å². The van der Waals surface area contributed by atoms with E-state index in [1.807, 2.05) is 6.07 Å². The van der Waals surface area contributed by atoms with Crippen LogP contribution in [0.2, 0.25) is 0 Å². The smallest absolute Gasteiger partial charge is 0.211 e. The van der Waals surface area contributed by atoms with E-state index in [4.69, 9.17) is 0 Å². The number of anilines is 1. The standard InChI is InChI=1S/C20H32N2O/c1-4-5-6-7-12-22-13-11-20(3,17(2)15-22)18-9-8-10-19(14-18)21-16-23/h8-10,14,16-17H,4-7,11-13,15H2,1-3H3,(H,21,23). The maximum absolute atomic E-state index is 10.7. The molecular formula is C20H32N2O. The van der Waals surface area contributed by atoms with E-state index in [0.717, 1.165) is 12.1 Å². The molecule has 1 saturated heterocycles. The normalized spacial score (nSPS) is 25.3. The molecule has 0 radical (unpaired) electrons. The molecule has 23 heavy (non-hydrogen) atoms. The number of nitrogens with zero attached hydrogens (tertiary/aromatic N) is 1. The number of likely N-dealkylation sites (tertiary alicyclic amines) is 1. The summed E-state index contributed by atoms with van der Waals surface area (Å²) in [6.45, 7) is 10.6. The van der Waals surface area contributed by atoms with Gasteiger partial charge in [0.1, 0.15) is 0 Å². The largest absolute Gasteiger partial charge is 0.329 e. The molecule has 0 bridgehead atoms. The summed E-state index contributed by atoms with van der Waals surface area (Å²) in [5, 5.41) is 2.78. The Morgan fingerprint density at radius 2 is 2.17 bits per heavy atom. The Hall–Kier alpha value is -1.35. The van der Waals surface area contributed by atoms with Crippen molar-refractivity contribution in [2.45, 2.75) is 58.3 Å². The highest BCUT2D eigenvalue weighted by Crippen LogP contribution is 2.40. The predicted octanol–water partition coefficient (Wildman–Crippen LogP) is 4.43. The van der Waals surface area contributed by atoms with E-state index in [-0.39, 0.29) is 5.41 Å². The van der Waals surface area contributed by atoms with Crippen LogP contribution in [0.1, 0.15) is 58.4 Å². The van der Waals surface area contributed by atoms with Gasteiger partial charge in [-0.2, -0.15) is 0 Å². The molecule has 1 aliphatic rings. The van der Waals surface area contributed by atoms with E-state index >= 15 is 0 Å². The maximum atomic E-state index is 10.7. The number of benzene rings is 1. The molecule has 3 nitrogen and oxygen atoms in total. The third-order valence-electron chi connectivity index (χ3n) is 5.64. The topological polar surface area (TPSA) is 32.3 Å². The van der Waals surface area contributed by atoms with Crippen LogP contribution in [0.5, 0.6) is 0 Å². The lowest BCUT2D eigenvalue weighted by Crippen LogP contribution is -2.47. The summed E-state index contributed by atoms with van der Waals surface area (Å²) in [6, 6.07) is 8.36. The lowest BCUT2D eigenvalue weighted by molar-refractivity contribution is -0.105. The third-order valence-corrected chi connectivity index (χ3v) is 5.64. The first kappa shape index (κ1) is 18.0. The molecule has 0 spiro atoms. The molecule has 0 saturated carbocycles. The van der Waals surface area contributed by atoms with Gasteiger partial charge in [0.2, 0.25) is 6.41 Å². The fourth-order valence-corrected chi connectivity index (χ4v) is 3.74. The van der Waals surface area contributed by atoms with Gasteiger partial charge in [0.25, 0.3) is 0 Å². The number of hydrogen-bond acceptors (Lipinski definition) is 2. The average molecular weight is 316 g/mol. The SMILES string of the molecule is CCCCCCN1CCC(C)(c2cccc(NC=O)c2)C(C)C1. The monoisotopic (exact) mass is 316 g/mol. The van der Waals surface area contributed by atoms with Crippen molar-refractivity contribution >= 4 is 12.1 Å². The molecule has 0 aliphatic carbocycles. The first-order valence-electron chi connectivity index (χ1n) is 9.13. The van der Waals surface area contributed by atoms with E-state index < -0.39 is 0 Å². The molecule has 3 heteroatoms. The summed E-state index contributed by atoms with van der Waals surface area (Å²) in [7, 11) is 0. The summed E-state index contributed by atoms with van der Waals surface area (Å²) < 4.78 is 0. The van der Waals surface area contributed by atoms with Gasteiger partial charge in [-0.3, -0.25) is 4.79 Å². The Labute approximate surface area is 141 Å². The minimum absolute atomic E-state index is 0.195. The van der Waals surface area contributed by atoms with Gasteiger partial charge in [0.05, 0.1) is 0 Å². The second kappa shape index (κ2) is 8.49. The molecule has 2 unspecified atom stereocenters. The number of carbonyl (C=O) groups is 1. The quantitative estimate of drug-likeness (QED) is 0.568. The fourth-order valence-electron chi connectivity index (χ4n) is 3.74. The first-order valence-corrected chi connectivity index (χ1v) is 9.13. The Kier molecular flexibility index (Phi) is 6.64. The van der Waals surface area contributed by atoms with Gasteiger partial charge in [0, 0.05) is 12.2 Å². The van der Waals surface area contributed by atoms with Crippen LogP contribution in [0.3, 0.4) is 0 Å². The molecule has 1 aromatic rings. The fraction of sp³-hybridized carbons (Fsp3) is 0.650. The average Bonchev–Trinajstić information content (AvgIpc) is 2.55. The van der Waals surface area contributed by atoms with Crippen molar-refractivity contribution < 1.29 is 4.79 Å². The van der Waals surface area contributed by atoms with Gasteiger partial charge in [-0.1, -0.05) is 52.2 Å². The highest BCUT2D eigenvalue weighted by Gasteiger charge is 2.37. The zero-order valence-corrected chi connectivity index (χ0v) is 15.0. The zero-order chi connectivity index (χ0) is 16.7. The van der Waals surface area contributed by atoms with Crippen LogP contribution in [0.4, 0.5) is 5.69 Å². The minimum Gasteiger partial charge on any atom is -0.329 e. The number of nitrogens with one attached hydrogen (secondary N) is 1. The van der Waals surface area contributed by atoms with Crippen LogP contribution in [0, 0.1) is 5.92 Å². The Bertz CT molecular complexity index is 502. The molecule has 2 rings (SSSR count). The van der Waals surface area contributed by atoms with Crippen molar-refractivity contribution in [1.82, 2.24) is 4.90 Å². The number of piperidine rings is 1. The van der Waals surface area contributed by atoms with Crippen molar-refractivity contribution in [3.8, 4) is 0 Å². The Morgan fingerprint density at radius 1 is 1.35 bits per heavy atom. The van der Waals surface area contributed by atoms with Gasteiger partial charge in [-0.25, -0.2) is 0 Å². The summed E-state index contributed by atoms with van der Waals surface area (Å²) in [5.41, 5.74) is 2.44. The van der Waals surface area contributed by atoms with Gasteiger partial charge in [0.15, 0.2) is 0 Å². The summed E-state index contributed by atoms with van der Waals surface area (Å²) in [6.07, 6.45) is 7.29. The molecule has 1 amide bonds. The van der Waals surface area contributed by atoms with Crippen molar-refractivity contribution in [2.24, 2.45) is 5.92 Å². The van der Waals surface area contributed by atoms with Crippen LogP contribution < -0.4 is 5.32 Å². The van der Waals surface area contributed by atoms with Gasteiger partial charge in [-0.05, 0) is 55.0 Å². The van der Waals surface area contributed by atoms with Crippen LogP contribution in [-0.4, -0.2) is 30.9 Å². The van der Waals surface area contributed by atoms with E-state index in [1.54, 1.807) is 0 Å². The molecular weight excluding hydrogens is 284 g/mol. The van der Waals surface area contributed by atoms with E-state index in [1.165, 1.54) is 57.3 Å². The van der Waals surface area contributed by atoms with Crippen LogP contribution >= 0.6 is 0 Å². The zero-order valence-electron chi connectivity index (χ0n) is 15.0. The molecule has 2 atom stereocenters. The molecule has 1 heterocycles. The Balaban J connectivity index is 1.98. The summed E-state index contributed by atoms with van der Waals surface area (Å²) >= 11 is 0. The molecule has 0 aromatic heterocycles. The number of carbonyl (C=O) groups excluding carboxylic acids is 1. The van der Waals surface area contributed by atoms with Crippen LogP contribution in [0.15, 0.2) is 24.3 Å². The molecule has 1 fully saturated rings. The second-order valence-electron chi connectivity index (χ2n) is 7.27. The lowest BCUT2D eigenvalue weighted by atomic mass is 9.68. The molecule has 1 aliphatic heterocycles. The molecule has 1 aromatic carbocycles. The van der Waals surface area contributed by atoms with Gasteiger partial charge < -0.3 is 10.2 Å².